The molecule has 0 spiro atoms. The van der Waals surface area contributed by atoms with Gasteiger partial charge in [0.05, 0.1) is 11.3 Å². The van der Waals surface area contributed by atoms with E-state index in [1.165, 1.54) is 12.6 Å². The summed E-state index contributed by atoms with van der Waals surface area (Å²) in [6, 6.07) is 10.2. The topological polar surface area (TPSA) is 112 Å². The van der Waals surface area contributed by atoms with Gasteiger partial charge in [0.1, 0.15) is 5.75 Å². The van der Waals surface area contributed by atoms with Crippen molar-refractivity contribution in [1.29, 1.82) is 0 Å². The summed E-state index contributed by atoms with van der Waals surface area (Å²) in [5, 5.41) is 11.9. The number of aromatic carboxylic acids is 1. The van der Waals surface area contributed by atoms with E-state index in [0.717, 1.165) is 31.4 Å². The maximum absolute atomic E-state index is 12.6. The number of ether oxygens (including phenoxy) is 1. The fourth-order valence-corrected chi connectivity index (χ4v) is 4.34. The van der Waals surface area contributed by atoms with Gasteiger partial charge in [0.25, 0.3) is 0 Å². The zero-order valence-electron chi connectivity index (χ0n) is 19.1. The van der Waals surface area contributed by atoms with E-state index < -0.39 is 12.1 Å². The van der Waals surface area contributed by atoms with Crippen LogP contribution in [0.3, 0.4) is 0 Å². The van der Waals surface area contributed by atoms with Crippen molar-refractivity contribution in [3.8, 4) is 5.75 Å². The summed E-state index contributed by atoms with van der Waals surface area (Å²) in [4.78, 5) is 43.9. The summed E-state index contributed by atoms with van der Waals surface area (Å²) in [5.74, 6) is -0.406. The lowest BCUT2D eigenvalue weighted by Gasteiger charge is -2.33. The predicted molar refractivity (Wildman–Crippen MR) is 126 cm³/mol. The SMILES string of the molecule is O=C(O)c1ccc(CN2CCN(C(=O)Oc3ccc(NC(=O)C4CCCCC4)cc3)CC2)nc1. The standard InChI is InChI=1S/C25H30N4O5/c30-23(18-4-2-1-3-5-18)27-20-8-10-22(11-9-20)34-25(33)29-14-12-28(13-15-29)17-21-7-6-19(16-26-21)24(31)32/h6-11,16,18H,1-5,12-15,17H2,(H,27,30)(H,31,32). The summed E-state index contributed by atoms with van der Waals surface area (Å²) in [5.41, 5.74) is 1.65. The number of pyridine rings is 1. The van der Waals surface area contributed by atoms with Gasteiger partial charge in [-0.1, -0.05) is 19.3 Å². The van der Waals surface area contributed by atoms with Crippen molar-refractivity contribution in [3.63, 3.8) is 0 Å². The fourth-order valence-electron chi connectivity index (χ4n) is 4.34. The molecule has 2 amide bonds. The highest BCUT2D eigenvalue weighted by Gasteiger charge is 2.24. The van der Waals surface area contributed by atoms with Crippen LogP contribution >= 0.6 is 0 Å². The number of hydrogen-bond acceptors (Lipinski definition) is 6. The number of carbonyl (C=O) groups excluding carboxylic acids is 2. The lowest BCUT2D eigenvalue weighted by atomic mass is 9.88. The number of benzene rings is 1. The average molecular weight is 467 g/mol. The molecule has 34 heavy (non-hydrogen) atoms. The second kappa shape index (κ2) is 11.1. The Morgan fingerprint density at radius 3 is 2.29 bits per heavy atom. The minimum Gasteiger partial charge on any atom is -0.478 e. The van der Waals surface area contributed by atoms with Crippen molar-refractivity contribution >= 4 is 23.7 Å². The number of nitrogens with zero attached hydrogens (tertiary/aromatic N) is 3. The third kappa shape index (κ3) is 6.32. The number of hydrogen-bond donors (Lipinski definition) is 2. The molecule has 0 bridgehead atoms. The second-order valence-corrected chi connectivity index (χ2v) is 8.82. The van der Waals surface area contributed by atoms with Crippen LogP contribution in [0.1, 0.15) is 48.2 Å². The minimum atomic E-state index is -0.995. The van der Waals surface area contributed by atoms with Crippen molar-refractivity contribution in [2.24, 2.45) is 5.92 Å². The van der Waals surface area contributed by atoms with Crippen LogP contribution in [0.5, 0.6) is 5.75 Å². The highest BCUT2D eigenvalue weighted by atomic mass is 16.6. The number of anilines is 1. The minimum absolute atomic E-state index is 0.0651. The Hall–Kier alpha value is -3.46. The van der Waals surface area contributed by atoms with Crippen LogP contribution in [0.2, 0.25) is 0 Å². The molecule has 0 radical (unpaired) electrons. The van der Waals surface area contributed by atoms with Gasteiger partial charge < -0.3 is 20.1 Å². The molecule has 2 heterocycles. The summed E-state index contributed by atoms with van der Waals surface area (Å²) in [6.07, 6.45) is 6.28. The van der Waals surface area contributed by atoms with E-state index in [9.17, 15) is 14.4 Å². The summed E-state index contributed by atoms with van der Waals surface area (Å²) >= 11 is 0. The largest absolute Gasteiger partial charge is 0.478 e. The zero-order valence-corrected chi connectivity index (χ0v) is 19.1. The highest BCUT2D eigenvalue weighted by Crippen LogP contribution is 2.25. The van der Waals surface area contributed by atoms with Crippen molar-refractivity contribution < 1.29 is 24.2 Å². The summed E-state index contributed by atoms with van der Waals surface area (Å²) in [6.45, 7) is 2.99. The van der Waals surface area contributed by atoms with Crippen molar-refractivity contribution in [2.45, 2.75) is 38.6 Å². The molecule has 1 aliphatic carbocycles. The van der Waals surface area contributed by atoms with Gasteiger partial charge in [0, 0.05) is 50.5 Å². The highest BCUT2D eigenvalue weighted by molar-refractivity contribution is 5.92. The predicted octanol–water partition coefficient (Wildman–Crippen LogP) is 3.62. The Labute approximate surface area is 198 Å². The number of nitrogens with one attached hydrogen (secondary N) is 1. The Morgan fingerprint density at radius 1 is 0.971 bits per heavy atom. The van der Waals surface area contributed by atoms with Gasteiger partial charge in [0.2, 0.25) is 5.91 Å². The van der Waals surface area contributed by atoms with Gasteiger partial charge in [-0.3, -0.25) is 14.7 Å². The molecule has 0 atom stereocenters. The van der Waals surface area contributed by atoms with E-state index in [2.05, 4.69) is 15.2 Å². The molecule has 1 saturated carbocycles. The fraction of sp³-hybridized carbons (Fsp3) is 0.440. The smallest absolute Gasteiger partial charge is 0.415 e. The first-order valence-corrected chi connectivity index (χ1v) is 11.8. The zero-order chi connectivity index (χ0) is 23.9. The first-order valence-electron chi connectivity index (χ1n) is 11.8. The average Bonchev–Trinajstić information content (AvgIpc) is 2.86. The first-order chi connectivity index (χ1) is 16.5. The molecule has 180 valence electrons. The third-order valence-corrected chi connectivity index (χ3v) is 6.39. The number of aromatic nitrogens is 1. The second-order valence-electron chi connectivity index (χ2n) is 8.82. The third-order valence-electron chi connectivity index (χ3n) is 6.39. The van der Waals surface area contributed by atoms with Gasteiger partial charge in [-0.05, 0) is 49.2 Å². The molecular weight excluding hydrogens is 436 g/mol. The number of carbonyl (C=O) groups is 3. The van der Waals surface area contributed by atoms with E-state index in [0.29, 0.717) is 44.2 Å². The molecular formula is C25H30N4O5. The summed E-state index contributed by atoms with van der Waals surface area (Å²) in [7, 11) is 0. The van der Waals surface area contributed by atoms with Crippen LogP contribution < -0.4 is 10.1 Å². The molecule has 2 aromatic rings. The molecule has 1 saturated heterocycles. The monoisotopic (exact) mass is 466 g/mol. The first kappa shape index (κ1) is 23.7. The molecule has 1 aromatic carbocycles. The molecule has 2 fully saturated rings. The van der Waals surface area contributed by atoms with Gasteiger partial charge in [0.15, 0.2) is 0 Å². The Morgan fingerprint density at radius 2 is 1.68 bits per heavy atom. The number of rotatable bonds is 6. The summed E-state index contributed by atoms with van der Waals surface area (Å²) < 4.78 is 5.51. The van der Waals surface area contributed by atoms with Gasteiger partial charge >= 0.3 is 12.1 Å². The van der Waals surface area contributed by atoms with E-state index in [1.807, 2.05) is 0 Å². The van der Waals surface area contributed by atoms with Gasteiger partial charge in [-0.25, -0.2) is 9.59 Å². The van der Waals surface area contributed by atoms with Crippen molar-refractivity contribution in [1.82, 2.24) is 14.8 Å². The van der Waals surface area contributed by atoms with E-state index in [1.54, 1.807) is 41.3 Å². The number of amides is 2. The van der Waals surface area contributed by atoms with Crippen molar-refractivity contribution in [2.75, 3.05) is 31.5 Å². The lowest BCUT2D eigenvalue weighted by Crippen LogP contribution is -2.49. The quantitative estimate of drug-likeness (QED) is 0.669. The molecule has 9 heteroatoms. The van der Waals surface area contributed by atoms with Crippen molar-refractivity contribution in [3.05, 3.63) is 53.9 Å². The van der Waals surface area contributed by atoms with E-state index >= 15 is 0 Å². The Bertz CT molecular complexity index is 995. The van der Waals surface area contributed by atoms with E-state index in [-0.39, 0.29) is 17.4 Å². The normalized spacial score (nSPS) is 17.2. The molecule has 1 aromatic heterocycles. The van der Waals surface area contributed by atoms with Gasteiger partial charge in [-0.15, -0.1) is 0 Å². The Balaban J connectivity index is 1.21. The molecule has 1 aliphatic heterocycles. The van der Waals surface area contributed by atoms with Crippen LogP contribution in [0.4, 0.5) is 10.5 Å². The van der Waals surface area contributed by atoms with Crippen LogP contribution in [0.25, 0.3) is 0 Å². The molecule has 9 nitrogen and oxygen atoms in total. The molecule has 2 aliphatic rings. The van der Waals surface area contributed by atoms with E-state index in [4.69, 9.17) is 9.84 Å². The molecule has 0 unspecified atom stereocenters. The Kier molecular flexibility index (Phi) is 7.74. The number of carboxylic acid groups (broad SMARTS) is 1. The number of piperazine rings is 1. The maximum Gasteiger partial charge on any atom is 0.415 e. The molecule has 2 N–H and O–H groups in total. The van der Waals surface area contributed by atoms with Crippen LogP contribution in [0.15, 0.2) is 42.6 Å². The van der Waals surface area contributed by atoms with Gasteiger partial charge in [-0.2, -0.15) is 0 Å². The van der Waals surface area contributed by atoms with Crippen LogP contribution in [0, 0.1) is 5.92 Å². The van der Waals surface area contributed by atoms with Crippen LogP contribution in [-0.2, 0) is 11.3 Å². The van der Waals surface area contributed by atoms with Crippen LogP contribution in [-0.4, -0.2) is 64.0 Å². The molecule has 4 rings (SSSR count). The lowest BCUT2D eigenvalue weighted by molar-refractivity contribution is -0.120. The maximum atomic E-state index is 12.6. The number of carboxylic acids is 1.